The van der Waals surface area contributed by atoms with Crippen molar-refractivity contribution in [3.05, 3.63) is 0 Å². The van der Waals surface area contributed by atoms with E-state index >= 15 is 0 Å². The zero-order valence-electron chi connectivity index (χ0n) is 15.2. The monoisotopic (exact) mass is 332 g/mol. The number of piperidine rings is 1. The molecule has 134 valence electrons. The SMILES string of the molecule is CC1(C(=O)N2CC[C@@]3(CCCN(CC4CCCCC4)C3=O)C2)CC1. The second-order valence-electron chi connectivity index (χ2n) is 9.18. The summed E-state index contributed by atoms with van der Waals surface area (Å²) < 4.78 is 0. The van der Waals surface area contributed by atoms with Crippen molar-refractivity contribution < 1.29 is 9.59 Å². The summed E-state index contributed by atoms with van der Waals surface area (Å²) in [5.41, 5.74) is -0.362. The Hall–Kier alpha value is -1.06. The van der Waals surface area contributed by atoms with E-state index in [1.165, 1.54) is 32.1 Å². The van der Waals surface area contributed by atoms with Crippen LogP contribution in [0, 0.1) is 16.7 Å². The smallest absolute Gasteiger partial charge is 0.230 e. The molecule has 2 aliphatic carbocycles. The highest BCUT2D eigenvalue weighted by Crippen LogP contribution is 2.49. The van der Waals surface area contributed by atoms with Crippen LogP contribution in [0.5, 0.6) is 0 Å². The van der Waals surface area contributed by atoms with Gasteiger partial charge in [-0.3, -0.25) is 9.59 Å². The van der Waals surface area contributed by atoms with Crippen molar-refractivity contribution >= 4 is 11.8 Å². The lowest BCUT2D eigenvalue weighted by atomic mass is 9.77. The van der Waals surface area contributed by atoms with Crippen LogP contribution >= 0.6 is 0 Å². The molecule has 2 amide bonds. The molecule has 0 aromatic heterocycles. The van der Waals surface area contributed by atoms with Gasteiger partial charge < -0.3 is 9.80 Å². The Morgan fingerprint density at radius 1 is 1.04 bits per heavy atom. The summed E-state index contributed by atoms with van der Waals surface area (Å²) in [7, 11) is 0. The van der Waals surface area contributed by atoms with Gasteiger partial charge in [-0.05, 0) is 50.9 Å². The van der Waals surface area contributed by atoms with Gasteiger partial charge in [0, 0.05) is 31.6 Å². The van der Waals surface area contributed by atoms with Crippen LogP contribution in [0.15, 0.2) is 0 Å². The maximum Gasteiger partial charge on any atom is 0.230 e. The fourth-order valence-electron chi connectivity index (χ4n) is 5.22. The van der Waals surface area contributed by atoms with Crippen molar-refractivity contribution in [3.63, 3.8) is 0 Å². The fraction of sp³-hybridized carbons (Fsp3) is 0.900. The molecule has 2 heterocycles. The van der Waals surface area contributed by atoms with Crippen molar-refractivity contribution in [2.24, 2.45) is 16.7 Å². The Balaban J connectivity index is 1.41. The van der Waals surface area contributed by atoms with E-state index in [1.54, 1.807) is 0 Å². The highest BCUT2D eigenvalue weighted by Gasteiger charge is 2.54. The van der Waals surface area contributed by atoms with Crippen molar-refractivity contribution in [1.29, 1.82) is 0 Å². The third-order valence-electron chi connectivity index (χ3n) is 7.18. The van der Waals surface area contributed by atoms with E-state index < -0.39 is 0 Å². The molecule has 4 nitrogen and oxygen atoms in total. The number of rotatable bonds is 3. The van der Waals surface area contributed by atoms with Crippen LogP contribution in [0.3, 0.4) is 0 Å². The highest BCUT2D eigenvalue weighted by atomic mass is 16.2. The van der Waals surface area contributed by atoms with Crippen molar-refractivity contribution in [2.45, 2.75) is 71.1 Å². The first-order valence-electron chi connectivity index (χ1n) is 10.1. The van der Waals surface area contributed by atoms with Gasteiger partial charge in [0.25, 0.3) is 0 Å². The first-order valence-corrected chi connectivity index (χ1v) is 10.1. The Kier molecular flexibility index (Phi) is 4.12. The third kappa shape index (κ3) is 2.86. The van der Waals surface area contributed by atoms with Gasteiger partial charge in [-0.2, -0.15) is 0 Å². The third-order valence-corrected chi connectivity index (χ3v) is 7.18. The summed E-state index contributed by atoms with van der Waals surface area (Å²) in [6.07, 6.45) is 11.6. The van der Waals surface area contributed by atoms with Crippen LogP contribution in [-0.4, -0.2) is 47.8 Å². The molecule has 4 rings (SSSR count). The Labute approximate surface area is 145 Å². The van der Waals surface area contributed by atoms with Crippen molar-refractivity contribution in [1.82, 2.24) is 9.80 Å². The molecule has 4 heteroatoms. The number of likely N-dealkylation sites (tertiary alicyclic amines) is 2. The molecule has 2 saturated heterocycles. The molecule has 4 fully saturated rings. The van der Waals surface area contributed by atoms with Crippen LogP contribution < -0.4 is 0 Å². The highest BCUT2D eigenvalue weighted by molar-refractivity contribution is 5.88. The van der Waals surface area contributed by atoms with Gasteiger partial charge in [-0.1, -0.05) is 26.2 Å². The van der Waals surface area contributed by atoms with Crippen LogP contribution in [0.1, 0.15) is 71.1 Å². The van der Waals surface area contributed by atoms with Crippen LogP contribution in [-0.2, 0) is 9.59 Å². The summed E-state index contributed by atoms with van der Waals surface area (Å²) in [6, 6.07) is 0. The maximum atomic E-state index is 13.2. The van der Waals surface area contributed by atoms with Gasteiger partial charge in [0.15, 0.2) is 0 Å². The van der Waals surface area contributed by atoms with Crippen LogP contribution in [0.2, 0.25) is 0 Å². The number of carbonyl (C=O) groups is 2. The lowest BCUT2D eigenvalue weighted by molar-refractivity contribution is -0.147. The molecule has 2 saturated carbocycles. The van der Waals surface area contributed by atoms with Crippen LogP contribution in [0.25, 0.3) is 0 Å². The molecule has 0 aromatic carbocycles. The minimum Gasteiger partial charge on any atom is -0.342 e. The molecule has 0 aromatic rings. The average molecular weight is 332 g/mol. The largest absolute Gasteiger partial charge is 0.342 e. The number of carbonyl (C=O) groups excluding carboxylic acids is 2. The molecular formula is C20H32N2O2. The van der Waals surface area contributed by atoms with Gasteiger partial charge in [-0.15, -0.1) is 0 Å². The molecule has 0 radical (unpaired) electrons. The molecule has 4 aliphatic rings. The Morgan fingerprint density at radius 3 is 2.50 bits per heavy atom. The number of amides is 2. The van der Waals surface area contributed by atoms with Crippen molar-refractivity contribution in [2.75, 3.05) is 26.2 Å². The van der Waals surface area contributed by atoms with E-state index in [9.17, 15) is 9.59 Å². The average Bonchev–Trinajstić information content (AvgIpc) is 3.20. The standard InChI is InChI=1S/C20H32N2O2/c1-19(9-10-19)17(23)22-13-11-20(15-22)8-5-12-21(18(20)24)14-16-6-3-2-4-7-16/h16H,2-15H2,1H3/t20-/m0/s1. The predicted molar refractivity (Wildman–Crippen MR) is 93.4 cm³/mol. The first kappa shape index (κ1) is 16.4. The minimum atomic E-state index is -0.256. The lowest BCUT2D eigenvalue weighted by Crippen LogP contribution is -2.52. The second-order valence-corrected chi connectivity index (χ2v) is 9.18. The lowest BCUT2D eigenvalue weighted by Gasteiger charge is -2.41. The number of nitrogens with zero attached hydrogens (tertiary/aromatic N) is 2. The molecule has 1 spiro atoms. The van der Waals surface area contributed by atoms with E-state index in [2.05, 4.69) is 11.8 Å². The Morgan fingerprint density at radius 2 is 1.79 bits per heavy atom. The number of hydrogen-bond donors (Lipinski definition) is 0. The van der Waals surface area contributed by atoms with Gasteiger partial charge in [0.2, 0.25) is 11.8 Å². The van der Waals surface area contributed by atoms with Crippen molar-refractivity contribution in [3.8, 4) is 0 Å². The molecule has 1 atom stereocenters. The quantitative estimate of drug-likeness (QED) is 0.796. The Bertz CT molecular complexity index is 522. The summed E-state index contributed by atoms with van der Waals surface area (Å²) in [4.78, 5) is 30.1. The first-order chi connectivity index (χ1) is 11.5. The van der Waals surface area contributed by atoms with E-state index in [1.807, 2.05) is 4.90 Å². The molecular weight excluding hydrogens is 300 g/mol. The molecule has 24 heavy (non-hydrogen) atoms. The van der Waals surface area contributed by atoms with Crippen LogP contribution in [0.4, 0.5) is 0 Å². The maximum absolute atomic E-state index is 13.2. The summed E-state index contributed by atoms with van der Waals surface area (Å²) in [5.74, 6) is 1.37. The van der Waals surface area contributed by atoms with Gasteiger partial charge in [-0.25, -0.2) is 0 Å². The molecule has 2 aliphatic heterocycles. The number of hydrogen-bond acceptors (Lipinski definition) is 2. The zero-order chi connectivity index (χ0) is 16.8. The van der Waals surface area contributed by atoms with E-state index in [0.717, 1.165) is 51.7 Å². The van der Waals surface area contributed by atoms with E-state index in [-0.39, 0.29) is 10.8 Å². The topological polar surface area (TPSA) is 40.6 Å². The normalized spacial score (nSPS) is 33.3. The summed E-state index contributed by atoms with van der Waals surface area (Å²) in [6.45, 7) is 5.45. The van der Waals surface area contributed by atoms with Gasteiger partial charge in [0.05, 0.1) is 5.41 Å². The molecule has 0 bridgehead atoms. The van der Waals surface area contributed by atoms with E-state index in [4.69, 9.17) is 0 Å². The zero-order valence-corrected chi connectivity index (χ0v) is 15.2. The fourth-order valence-corrected chi connectivity index (χ4v) is 5.22. The predicted octanol–water partition coefficient (Wildman–Crippen LogP) is 3.21. The van der Waals surface area contributed by atoms with E-state index in [0.29, 0.717) is 24.3 Å². The summed E-state index contributed by atoms with van der Waals surface area (Å²) >= 11 is 0. The summed E-state index contributed by atoms with van der Waals surface area (Å²) in [5, 5.41) is 0. The second kappa shape index (κ2) is 6.03. The van der Waals surface area contributed by atoms with Gasteiger partial charge in [0.1, 0.15) is 0 Å². The molecule has 0 unspecified atom stereocenters. The van der Waals surface area contributed by atoms with Gasteiger partial charge >= 0.3 is 0 Å². The molecule has 0 N–H and O–H groups in total. The minimum absolute atomic E-state index is 0.106.